The number of halogens is 1. The summed E-state index contributed by atoms with van der Waals surface area (Å²) in [5.74, 6) is -0.152. The summed E-state index contributed by atoms with van der Waals surface area (Å²) in [5, 5.41) is 0. The van der Waals surface area contributed by atoms with Gasteiger partial charge in [-0.3, -0.25) is 0 Å². The van der Waals surface area contributed by atoms with Crippen molar-refractivity contribution in [2.24, 2.45) is 0 Å². The topological polar surface area (TPSA) is 0 Å². The van der Waals surface area contributed by atoms with Gasteiger partial charge in [0.05, 0.1) is 0 Å². The third kappa shape index (κ3) is 17.5. The number of fused-ring (bicyclic) bond motifs is 12. The summed E-state index contributed by atoms with van der Waals surface area (Å²) in [6.07, 6.45) is 0. The van der Waals surface area contributed by atoms with E-state index in [1.165, 1.54) is 228 Å². The average molecular weight is 1540 g/mol. The van der Waals surface area contributed by atoms with E-state index in [9.17, 15) is 4.39 Å². The van der Waals surface area contributed by atoms with Crippen molar-refractivity contribution in [3.05, 3.63) is 410 Å². The van der Waals surface area contributed by atoms with Crippen LogP contribution < -0.4 is 0 Å². The van der Waals surface area contributed by atoms with Gasteiger partial charge in [-0.1, -0.05) is 353 Å². The van der Waals surface area contributed by atoms with E-state index in [-0.39, 0.29) is 27.5 Å². The molecule has 596 valence electrons. The normalized spacial score (nSPS) is 13.4. The van der Waals surface area contributed by atoms with Crippen LogP contribution >= 0.6 is 0 Å². The average Bonchev–Trinajstić information content (AvgIpc) is 1.58. The van der Waals surface area contributed by atoms with Crippen LogP contribution in [0.1, 0.15) is 211 Å². The van der Waals surface area contributed by atoms with Gasteiger partial charge in [0.15, 0.2) is 0 Å². The second-order valence-corrected chi connectivity index (χ2v) is 36.8. The van der Waals surface area contributed by atoms with Gasteiger partial charge in [-0.05, 0) is 323 Å². The lowest BCUT2D eigenvalue weighted by atomic mass is 9.79. The van der Waals surface area contributed by atoms with Crippen LogP contribution in [0.4, 0.5) is 4.39 Å². The fourth-order valence-corrected chi connectivity index (χ4v) is 19.7. The highest BCUT2D eigenvalue weighted by molar-refractivity contribution is 5.87. The van der Waals surface area contributed by atoms with E-state index in [1.54, 1.807) is 12.1 Å². The molecular formula is C116H125F. The van der Waals surface area contributed by atoms with Gasteiger partial charge < -0.3 is 0 Å². The Morgan fingerprint density at radius 1 is 0.179 bits per heavy atom. The van der Waals surface area contributed by atoms with Crippen molar-refractivity contribution in [3.63, 3.8) is 0 Å². The van der Waals surface area contributed by atoms with Gasteiger partial charge in [0.2, 0.25) is 0 Å². The first-order valence-corrected chi connectivity index (χ1v) is 42.2. The molecule has 0 saturated heterocycles. The first kappa shape index (κ1) is 85.4. The van der Waals surface area contributed by atoms with Gasteiger partial charge >= 0.3 is 0 Å². The summed E-state index contributed by atoms with van der Waals surface area (Å²) < 4.78 is 13.4. The molecule has 0 nitrogen and oxygen atoms in total. The molecular weight excluding hydrogens is 1410 g/mol. The Morgan fingerprint density at radius 3 is 1.08 bits per heavy atom. The molecule has 0 heterocycles. The maximum atomic E-state index is 13.4. The van der Waals surface area contributed by atoms with Crippen molar-refractivity contribution in [1.29, 1.82) is 0 Å². The minimum Gasteiger partial charge on any atom is -0.207 e. The van der Waals surface area contributed by atoms with E-state index in [0.29, 0.717) is 0 Å². The molecule has 4 aliphatic rings. The SMILES string of the molecule is Cc1cc(C)c2c(c1)-c1ccc(C)cc1C2(C)C.Cc1cc(C)c2c(c1)C(C)(C)c1ccccc1-2.Cc1cc(C)cc(-c2c(C)cc(C)cc2C)c1.Cc1cc2c(c(C)c1C)C(C)(C)c1ccccc1-2.Cc1ccc(-c2c(C)cccc2C)cc1.Cc1ccc(-c2cc(C)cc(C)c2)cc1.Cc1ccc2c(c1)C(C)(C)c1cc(F)ccc1-2. The second-order valence-electron chi connectivity index (χ2n) is 36.8. The smallest absolute Gasteiger partial charge is 0.123 e. The van der Waals surface area contributed by atoms with Crippen LogP contribution in [0.25, 0.3) is 77.9 Å². The summed E-state index contributed by atoms with van der Waals surface area (Å²) in [6.45, 7) is 62.0. The largest absolute Gasteiger partial charge is 0.207 e. The van der Waals surface area contributed by atoms with Gasteiger partial charge in [0.1, 0.15) is 5.82 Å². The molecule has 0 saturated carbocycles. The van der Waals surface area contributed by atoms with Gasteiger partial charge in [-0.15, -0.1) is 0 Å². The summed E-state index contributed by atoms with van der Waals surface area (Å²) in [4.78, 5) is 0. The number of hydrogen-bond donors (Lipinski definition) is 0. The first-order chi connectivity index (χ1) is 55.2. The Hall–Kier alpha value is -11.0. The van der Waals surface area contributed by atoms with Crippen LogP contribution in [0.3, 0.4) is 0 Å². The first-order valence-electron chi connectivity index (χ1n) is 42.2. The van der Waals surface area contributed by atoms with Crippen molar-refractivity contribution in [2.45, 2.75) is 216 Å². The van der Waals surface area contributed by atoms with Crippen molar-refractivity contribution < 1.29 is 4.39 Å². The number of rotatable bonds is 3. The van der Waals surface area contributed by atoms with Crippen molar-refractivity contribution >= 4 is 0 Å². The summed E-state index contributed by atoms with van der Waals surface area (Å²) in [6, 6.07) is 89.6. The van der Waals surface area contributed by atoms with E-state index in [2.05, 4.69) is 424 Å². The molecule has 0 N–H and O–H groups in total. The molecule has 0 amide bonds. The lowest BCUT2D eigenvalue weighted by molar-refractivity contribution is 0.609. The van der Waals surface area contributed by atoms with Crippen LogP contribution in [0.5, 0.6) is 0 Å². The monoisotopic (exact) mass is 1540 g/mol. The van der Waals surface area contributed by atoms with E-state index in [1.807, 2.05) is 6.07 Å². The Labute approximate surface area is 703 Å². The molecule has 0 aliphatic heterocycles. The van der Waals surface area contributed by atoms with E-state index in [0.717, 1.165) is 5.56 Å². The molecule has 0 fully saturated rings. The molecule has 0 spiro atoms. The van der Waals surface area contributed by atoms with Gasteiger partial charge in [0, 0.05) is 21.7 Å². The van der Waals surface area contributed by atoms with Crippen LogP contribution in [-0.4, -0.2) is 0 Å². The molecule has 4 aliphatic carbocycles. The quantitative estimate of drug-likeness (QED) is 0.165. The molecule has 0 aromatic heterocycles. The minimum atomic E-state index is -0.152. The fraction of sp³-hybridized carbons (Fsp3) is 0.276. The zero-order valence-corrected chi connectivity index (χ0v) is 75.5. The van der Waals surface area contributed by atoms with Gasteiger partial charge in [-0.2, -0.15) is 0 Å². The third-order valence-electron chi connectivity index (χ3n) is 25.4. The molecule has 0 bridgehead atoms. The van der Waals surface area contributed by atoms with Crippen molar-refractivity contribution in [3.8, 4) is 77.9 Å². The minimum absolute atomic E-state index is 0.0984. The Morgan fingerprint density at radius 2 is 0.538 bits per heavy atom. The zero-order chi connectivity index (χ0) is 84.8. The molecule has 18 rings (SSSR count). The number of benzene rings is 14. The fourth-order valence-electron chi connectivity index (χ4n) is 19.7. The van der Waals surface area contributed by atoms with Crippen LogP contribution in [0.2, 0.25) is 0 Å². The van der Waals surface area contributed by atoms with E-state index in [4.69, 9.17) is 0 Å². The Balaban J connectivity index is 0.000000126. The number of aryl methyl sites for hydroxylation is 18. The lowest BCUT2D eigenvalue weighted by Crippen LogP contribution is -2.17. The number of hydrogen-bond acceptors (Lipinski definition) is 0. The molecule has 0 unspecified atom stereocenters. The molecule has 0 atom stereocenters. The molecule has 1 heteroatoms. The highest BCUT2D eigenvalue weighted by Gasteiger charge is 2.40. The predicted octanol–water partition coefficient (Wildman–Crippen LogP) is 32.3. The summed E-state index contributed by atoms with van der Waals surface area (Å²) >= 11 is 0. The Bertz CT molecular complexity index is 5950. The highest BCUT2D eigenvalue weighted by atomic mass is 19.1. The van der Waals surface area contributed by atoms with Crippen LogP contribution in [0.15, 0.2) is 249 Å². The van der Waals surface area contributed by atoms with E-state index < -0.39 is 0 Å². The summed E-state index contributed by atoms with van der Waals surface area (Å²) in [7, 11) is 0. The van der Waals surface area contributed by atoms with Gasteiger partial charge in [0.25, 0.3) is 0 Å². The standard InChI is InChI=1S/2C18H20.C17H18.C17H20.C16H15F.2C15H16/c1-11-6-7-14-15-9-12(2)8-13(3)17(15)18(4,5)16(14)10-11;1-11-10-15-14-8-6-7-9-16(14)18(4,5)17(15)13(3)12(11)2;1-11-9-12(2)16-13-7-5-6-8-14(13)17(3,4)15(16)10-11;1-11-6-12(2)10-16(9-11)17-14(4)7-13(3)8-15(17)5;1-10-4-6-12-13-7-5-11(17)9-15(13)16(2,3)14(12)8-10;1-11-4-6-14(7-5-11)15-9-12(2)8-13(3)10-15;1-11-7-9-14(10-8-11)15-12(2)5-4-6-13(15)3/h2*6-10H,1-5H3;5-10H,1-4H3;6-10H,1-5H3;4-9H,1-3H3;2*4-10H,1-3H3. The van der Waals surface area contributed by atoms with Crippen molar-refractivity contribution in [2.75, 3.05) is 0 Å². The van der Waals surface area contributed by atoms with Crippen LogP contribution in [-0.2, 0) is 21.7 Å². The van der Waals surface area contributed by atoms with Gasteiger partial charge in [-0.25, -0.2) is 4.39 Å². The highest BCUT2D eigenvalue weighted by Crippen LogP contribution is 2.54. The second kappa shape index (κ2) is 33.9. The maximum Gasteiger partial charge on any atom is 0.123 e. The van der Waals surface area contributed by atoms with Crippen LogP contribution in [0, 0.1) is 144 Å². The Kier molecular flexibility index (Phi) is 24.8. The predicted molar refractivity (Wildman–Crippen MR) is 506 cm³/mol. The maximum absolute atomic E-state index is 13.4. The molecule has 0 radical (unpaired) electrons. The van der Waals surface area contributed by atoms with Crippen molar-refractivity contribution in [1.82, 2.24) is 0 Å². The molecule has 117 heavy (non-hydrogen) atoms. The molecule has 14 aromatic carbocycles. The molecule has 14 aromatic rings. The van der Waals surface area contributed by atoms with E-state index >= 15 is 0 Å². The third-order valence-corrected chi connectivity index (χ3v) is 25.4. The summed E-state index contributed by atoms with van der Waals surface area (Å²) in [5.41, 5.74) is 57.8. The lowest BCUT2D eigenvalue weighted by Gasteiger charge is -2.24. The zero-order valence-electron chi connectivity index (χ0n) is 75.5.